The average Bonchev–Trinajstić information content (AvgIpc) is 3.04. The largest absolute Gasteiger partial charge is 0.756 e. The number of hydrogen-bond acceptors (Lipinski definition) is 7. The van der Waals surface area contributed by atoms with Crippen LogP contribution in [0.5, 0.6) is 0 Å². The van der Waals surface area contributed by atoms with Crippen LogP contribution in [-0.4, -0.2) is 79.8 Å². The molecule has 3 N–H and O–H groups in total. The summed E-state index contributed by atoms with van der Waals surface area (Å²) in [5.41, 5.74) is 0. The highest BCUT2D eigenvalue weighted by atomic mass is 31.2. The third-order valence-corrected chi connectivity index (χ3v) is 9.72. The van der Waals surface area contributed by atoms with Gasteiger partial charge in [0.2, 0.25) is 5.91 Å². The van der Waals surface area contributed by atoms with Gasteiger partial charge in [0.25, 0.3) is 7.82 Å². The number of aliphatic hydroxyl groups excluding tert-OH is 2. The zero-order valence-corrected chi connectivity index (χ0v) is 33.2. The van der Waals surface area contributed by atoms with E-state index in [1.165, 1.54) is 77.0 Å². The molecule has 0 aromatic rings. The Morgan fingerprint density at radius 2 is 1.16 bits per heavy atom. The van der Waals surface area contributed by atoms with E-state index in [-0.39, 0.29) is 18.9 Å². The van der Waals surface area contributed by atoms with E-state index in [0.29, 0.717) is 30.3 Å². The molecule has 4 unspecified atom stereocenters. The summed E-state index contributed by atoms with van der Waals surface area (Å²) in [6.45, 7) is 4.36. The van der Waals surface area contributed by atoms with Crippen LogP contribution in [0.15, 0.2) is 24.3 Å². The monoisotopic (exact) mass is 717 g/mol. The number of nitrogens with zero attached hydrogens (tertiary/aromatic N) is 1. The van der Waals surface area contributed by atoms with Gasteiger partial charge in [-0.3, -0.25) is 9.36 Å². The summed E-state index contributed by atoms with van der Waals surface area (Å²) >= 11 is 0. The van der Waals surface area contributed by atoms with Crippen LogP contribution >= 0.6 is 7.82 Å². The van der Waals surface area contributed by atoms with Gasteiger partial charge in [0.15, 0.2) is 0 Å². The first kappa shape index (κ1) is 47.9. The average molecular weight is 717 g/mol. The molecule has 0 heterocycles. The molecule has 49 heavy (non-hydrogen) atoms. The van der Waals surface area contributed by atoms with Crippen molar-refractivity contribution in [2.45, 2.75) is 180 Å². The van der Waals surface area contributed by atoms with Crippen LogP contribution in [0, 0.1) is 0 Å². The van der Waals surface area contributed by atoms with Gasteiger partial charge in [-0.25, -0.2) is 0 Å². The van der Waals surface area contributed by atoms with E-state index in [9.17, 15) is 24.5 Å². The Bertz CT molecular complexity index is 878. The normalized spacial score (nSPS) is 15.5. The van der Waals surface area contributed by atoms with E-state index >= 15 is 0 Å². The molecule has 10 heteroatoms. The molecule has 0 spiro atoms. The van der Waals surface area contributed by atoms with E-state index in [1.54, 1.807) is 0 Å². The lowest BCUT2D eigenvalue weighted by Crippen LogP contribution is -2.51. The summed E-state index contributed by atoms with van der Waals surface area (Å²) in [4.78, 5) is 25.2. The van der Waals surface area contributed by atoms with Gasteiger partial charge in [-0.1, -0.05) is 115 Å². The van der Waals surface area contributed by atoms with E-state index in [1.807, 2.05) is 21.1 Å². The van der Waals surface area contributed by atoms with E-state index in [4.69, 9.17) is 9.05 Å². The molecule has 0 aromatic carbocycles. The Hall–Kier alpha value is -1.06. The predicted octanol–water partition coefficient (Wildman–Crippen LogP) is 8.53. The van der Waals surface area contributed by atoms with Crippen molar-refractivity contribution in [1.82, 2.24) is 5.32 Å². The fourth-order valence-electron chi connectivity index (χ4n) is 5.48. The minimum Gasteiger partial charge on any atom is -0.756 e. The molecule has 0 rings (SSSR count). The Morgan fingerprint density at radius 1 is 0.714 bits per heavy atom. The molecule has 0 aliphatic heterocycles. The fourth-order valence-corrected chi connectivity index (χ4v) is 6.20. The molecule has 1 amide bonds. The topological polar surface area (TPSA) is 128 Å². The van der Waals surface area contributed by atoms with Gasteiger partial charge in [-0.15, -0.1) is 0 Å². The van der Waals surface area contributed by atoms with Gasteiger partial charge in [-0.05, 0) is 64.2 Å². The maximum absolute atomic E-state index is 12.8. The number of rotatable bonds is 35. The predicted molar refractivity (Wildman–Crippen MR) is 202 cm³/mol. The standard InChI is InChI=1S/C39H77N2O7P/c1-6-8-10-12-14-16-18-20-22-24-26-28-30-32-38(43)40-36(35-48-49(45,46)47-34-33-41(3,4)5)39(44)37(42)31-29-27-25-23-21-19-17-15-13-11-9-7-2/h16,18,23,25,36-37,39,42,44H,6-15,17,19-22,24,26-35H2,1-5H3,(H-,40,43,45,46)/b18-16-,25-23+. The van der Waals surface area contributed by atoms with Crippen LogP contribution in [0.25, 0.3) is 0 Å². The molecule has 0 saturated carbocycles. The Labute approximate surface area is 301 Å². The van der Waals surface area contributed by atoms with E-state index < -0.39 is 32.7 Å². The number of carbonyl (C=O) groups excluding carboxylic acids is 1. The third-order valence-electron chi connectivity index (χ3n) is 8.75. The van der Waals surface area contributed by atoms with Crippen LogP contribution in [0.1, 0.15) is 162 Å². The zero-order valence-electron chi connectivity index (χ0n) is 32.3. The molecule has 0 fully saturated rings. The van der Waals surface area contributed by atoms with Crippen LogP contribution in [0.2, 0.25) is 0 Å². The molecular formula is C39H77N2O7P. The number of phosphoric ester groups is 1. The van der Waals surface area contributed by atoms with Gasteiger partial charge < -0.3 is 34.0 Å². The smallest absolute Gasteiger partial charge is 0.268 e. The lowest BCUT2D eigenvalue weighted by atomic mass is 10.0. The van der Waals surface area contributed by atoms with Crippen molar-refractivity contribution in [3.8, 4) is 0 Å². The molecule has 290 valence electrons. The zero-order chi connectivity index (χ0) is 36.6. The maximum atomic E-state index is 12.8. The highest BCUT2D eigenvalue weighted by Crippen LogP contribution is 2.38. The van der Waals surface area contributed by atoms with E-state index in [2.05, 4.69) is 43.5 Å². The second-order valence-corrected chi connectivity index (χ2v) is 16.2. The van der Waals surface area contributed by atoms with Crippen LogP contribution in [0.3, 0.4) is 0 Å². The van der Waals surface area contributed by atoms with Gasteiger partial charge >= 0.3 is 0 Å². The molecule has 0 aromatic heterocycles. The number of phosphoric acid groups is 1. The summed E-state index contributed by atoms with van der Waals surface area (Å²) in [7, 11) is 1.10. The SMILES string of the molecule is CCCCCC/C=C\CCCCCCCC(=O)NC(COP(=O)([O-])OCC[N+](C)(C)C)C(O)C(O)CCC/C=C/CCCCCCCCC. The number of carbonyl (C=O) groups is 1. The van der Waals surface area contributed by atoms with Crippen molar-refractivity contribution in [1.29, 1.82) is 0 Å². The lowest BCUT2D eigenvalue weighted by Gasteiger charge is -2.31. The number of quaternary nitrogens is 1. The molecule has 0 aliphatic carbocycles. The Balaban J connectivity index is 4.67. The summed E-state index contributed by atoms with van der Waals surface area (Å²) < 4.78 is 23.0. The van der Waals surface area contributed by atoms with Crippen molar-refractivity contribution in [2.75, 3.05) is 40.9 Å². The first-order valence-corrected chi connectivity index (χ1v) is 21.2. The number of unbranched alkanes of at least 4 members (excludes halogenated alkanes) is 17. The molecule has 0 saturated heterocycles. The molecule has 0 radical (unpaired) electrons. The van der Waals surface area contributed by atoms with Crippen molar-refractivity contribution in [2.24, 2.45) is 0 Å². The van der Waals surface area contributed by atoms with Crippen LogP contribution < -0.4 is 10.2 Å². The number of amides is 1. The number of nitrogens with one attached hydrogen (secondary N) is 1. The first-order valence-electron chi connectivity index (χ1n) is 19.8. The summed E-state index contributed by atoms with van der Waals surface area (Å²) in [5, 5.41) is 24.4. The summed E-state index contributed by atoms with van der Waals surface area (Å²) in [6, 6.07) is -1.09. The highest BCUT2D eigenvalue weighted by Gasteiger charge is 2.29. The van der Waals surface area contributed by atoms with Crippen LogP contribution in [0.4, 0.5) is 0 Å². The van der Waals surface area contributed by atoms with Gasteiger partial charge in [0.1, 0.15) is 19.3 Å². The fraction of sp³-hybridized carbons (Fsp3) is 0.872. The third kappa shape index (κ3) is 32.6. The van der Waals surface area contributed by atoms with Crippen LogP contribution in [-0.2, 0) is 18.4 Å². The summed E-state index contributed by atoms with van der Waals surface area (Å²) in [6.07, 6.45) is 30.7. The summed E-state index contributed by atoms with van der Waals surface area (Å²) in [5.74, 6) is -0.300. The molecule has 9 nitrogen and oxygen atoms in total. The molecule has 0 aliphatic rings. The van der Waals surface area contributed by atoms with Crippen molar-refractivity contribution >= 4 is 13.7 Å². The number of aliphatic hydroxyl groups is 2. The number of hydrogen-bond donors (Lipinski definition) is 3. The second-order valence-electron chi connectivity index (χ2n) is 14.8. The van der Waals surface area contributed by atoms with Gasteiger partial charge in [0.05, 0.1) is 39.9 Å². The van der Waals surface area contributed by atoms with Crippen molar-refractivity contribution in [3.05, 3.63) is 24.3 Å². The van der Waals surface area contributed by atoms with Gasteiger partial charge in [0, 0.05) is 6.42 Å². The van der Waals surface area contributed by atoms with Crippen molar-refractivity contribution < 1.29 is 38.0 Å². The number of allylic oxidation sites excluding steroid dienone is 4. The molecule has 4 atom stereocenters. The minimum absolute atomic E-state index is 0.0473. The highest BCUT2D eigenvalue weighted by molar-refractivity contribution is 7.45. The minimum atomic E-state index is -4.66. The molecular weight excluding hydrogens is 639 g/mol. The van der Waals surface area contributed by atoms with Gasteiger partial charge in [-0.2, -0.15) is 0 Å². The lowest BCUT2D eigenvalue weighted by molar-refractivity contribution is -0.870. The van der Waals surface area contributed by atoms with Crippen molar-refractivity contribution in [3.63, 3.8) is 0 Å². The second kappa shape index (κ2) is 31.7. The first-order chi connectivity index (χ1) is 23.4. The van der Waals surface area contributed by atoms with E-state index in [0.717, 1.165) is 44.9 Å². The Kier molecular flexibility index (Phi) is 31.0. The Morgan fingerprint density at radius 3 is 1.67 bits per heavy atom. The molecule has 0 bridgehead atoms. The maximum Gasteiger partial charge on any atom is 0.268 e. The number of likely N-dealkylation sites (N-methyl/N-ethyl adjacent to an activating group) is 1. The quantitative estimate of drug-likeness (QED) is 0.0260.